The third-order valence-corrected chi connectivity index (χ3v) is 4.55. The summed E-state index contributed by atoms with van der Waals surface area (Å²) in [6.45, 7) is 6.88. The maximum Gasteiger partial charge on any atom is 0.167 e. The molecule has 0 aliphatic carbocycles. The second-order valence-corrected chi connectivity index (χ2v) is 6.86. The summed E-state index contributed by atoms with van der Waals surface area (Å²) < 4.78 is 5.50. The topological polar surface area (TPSA) is 55.1 Å². The second kappa shape index (κ2) is 6.76. The largest absolute Gasteiger partial charge is 0.356 e. The molecule has 5 nitrogen and oxygen atoms in total. The van der Waals surface area contributed by atoms with E-state index in [0.29, 0.717) is 5.92 Å². The molecule has 1 aromatic carbocycles. The van der Waals surface area contributed by atoms with Crippen LogP contribution in [0, 0.1) is 0 Å². The number of hydrogen-bond donors (Lipinski definition) is 0. The van der Waals surface area contributed by atoms with Crippen LogP contribution >= 0.6 is 0 Å². The Bertz CT molecular complexity index is 857. The van der Waals surface area contributed by atoms with E-state index < -0.39 is 0 Å². The van der Waals surface area contributed by atoms with Crippen LogP contribution in [0.25, 0.3) is 11.3 Å². The van der Waals surface area contributed by atoms with E-state index in [1.54, 1.807) is 0 Å². The summed E-state index contributed by atoms with van der Waals surface area (Å²) in [5, 5.41) is 4.23. The predicted molar refractivity (Wildman–Crippen MR) is 95.9 cm³/mol. The van der Waals surface area contributed by atoms with E-state index in [0.717, 1.165) is 48.9 Å². The monoisotopic (exact) mass is 334 g/mol. The van der Waals surface area contributed by atoms with Gasteiger partial charge in [0, 0.05) is 61.1 Å². The Morgan fingerprint density at radius 1 is 1.20 bits per heavy atom. The highest BCUT2D eigenvalue weighted by Gasteiger charge is 2.20. The lowest BCUT2D eigenvalue weighted by molar-refractivity contribution is 0.235. The van der Waals surface area contributed by atoms with Gasteiger partial charge in [-0.3, -0.25) is 4.90 Å². The predicted octanol–water partition coefficient (Wildman–Crippen LogP) is 3.81. The molecule has 5 heteroatoms. The van der Waals surface area contributed by atoms with E-state index in [1.165, 1.54) is 11.3 Å². The van der Waals surface area contributed by atoms with Crippen molar-refractivity contribution in [2.24, 2.45) is 0 Å². The fraction of sp³-hybridized carbons (Fsp3) is 0.350. The number of rotatable bonds is 4. The van der Waals surface area contributed by atoms with Gasteiger partial charge in [-0.25, -0.2) is 9.97 Å². The second-order valence-electron chi connectivity index (χ2n) is 6.86. The Labute approximate surface area is 147 Å². The molecule has 4 rings (SSSR count). The molecule has 0 atom stereocenters. The third-order valence-electron chi connectivity index (χ3n) is 4.55. The first-order chi connectivity index (χ1) is 12.2. The van der Waals surface area contributed by atoms with E-state index in [9.17, 15) is 0 Å². The molecule has 25 heavy (non-hydrogen) atoms. The van der Waals surface area contributed by atoms with Crippen molar-refractivity contribution in [3.63, 3.8) is 0 Å². The number of hydrogen-bond acceptors (Lipinski definition) is 5. The van der Waals surface area contributed by atoms with Gasteiger partial charge in [0.2, 0.25) is 0 Å². The molecule has 0 spiro atoms. The Balaban J connectivity index is 1.45. The van der Waals surface area contributed by atoms with Crippen LogP contribution in [-0.4, -0.2) is 26.6 Å². The van der Waals surface area contributed by atoms with Gasteiger partial charge >= 0.3 is 0 Å². The first kappa shape index (κ1) is 16.0. The molecule has 1 aliphatic heterocycles. The molecule has 0 amide bonds. The number of aromatic nitrogens is 3. The van der Waals surface area contributed by atoms with Crippen LogP contribution in [0.5, 0.6) is 0 Å². The summed E-state index contributed by atoms with van der Waals surface area (Å²) in [6.07, 6.45) is 2.95. The van der Waals surface area contributed by atoms with Crippen molar-refractivity contribution in [1.82, 2.24) is 20.0 Å². The van der Waals surface area contributed by atoms with Crippen LogP contribution in [0.2, 0.25) is 0 Å². The highest BCUT2D eigenvalue weighted by molar-refractivity contribution is 5.56. The molecule has 2 aromatic heterocycles. The Hall–Kier alpha value is -2.53. The zero-order valence-corrected chi connectivity index (χ0v) is 14.6. The molecule has 0 fully saturated rings. The fourth-order valence-corrected chi connectivity index (χ4v) is 3.16. The lowest BCUT2D eigenvalue weighted by Crippen LogP contribution is -2.31. The minimum Gasteiger partial charge on any atom is -0.356 e. The van der Waals surface area contributed by atoms with Crippen molar-refractivity contribution in [1.29, 1.82) is 0 Å². The van der Waals surface area contributed by atoms with E-state index in [-0.39, 0.29) is 0 Å². The average molecular weight is 334 g/mol. The highest BCUT2D eigenvalue weighted by Crippen LogP contribution is 2.23. The zero-order valence-electron chi connectivity index (χ0n) is 14.6. The zero-order chi connectivity index (χ0) is 17.2. The molecular formula is C20H22N4O. The van der Waals surface area contributed by atoms with Crippen LogP contribution in [0.4, 0.5) is 0 Å². The van der Waals surface area contributed by atoms with E-state index in [4.69, 9.17) is 9.51 Å². The molecule has 3 aromatic rings. The van der Waals surface area contributed by atoms with Crippen LogP contribution < -0.4 is 0 Å². The number of benzene rings is 1. The smallest absolute Gasteiger partial charge is 0.167 e. The molecule has 0 radical (unpaired) electrons. The average Bonchev–Trinajstić information content (AvgIpc) is 3.10. The van der Waals surface area contributed by atoms with Gasteiger partial charge in [0.1, 0.15) is 5.82 Å². The third kappa shape index (κ3) is 3.46. The van der Waals surface area contributed by atoms with Crippen LogP contribution in [0.3, 0.4) is 0 Å². The first-order valence-corrected chi connectivity index (χ1v) is 8.77. The Kier molecular flexibility index (Phi) is 4.32. The van der Waals surface area contributed by atoms with E-state index in [1.807, 2.05) is 42.6 Å². The standard InChI is InChI=1S/C20H22N4O/c1-14(2)20-21-11-16-12-24(9-8-18(16)22-20)13-17-10-19(25-23-17)15-6-4-3-5-7-15/h3-7,10-11,14H,8-9,12-13H2,1-2H3. The number of fused-ring (bicyclic) bond motifs is 1. The van der Waals surface area contributed by atoms with Crippen molar-refractivity contribution in [2.45, 2.75) is 39.3 Å². The quantitative estimate of drug-likeness (QED) is 0.726. The van der Waals surface area contributed by atoms with Crippen LogP contribution in [-0.2, 0) is 19.5 Å². The summed E-state index contributed by atoms with van der Waals surface area (Å²) in [6, 6.07) is 12.1. The van der Waals surface area contributed by atoms with Crippen molar-refractivity contribution >= 4 is 0 Å². The summed E-state index contributed by atoms with van der Waals surface area (Å²) in [4.78, 5) is 11.6. The molecular weight excluding hydrogens is 312 g/mol. The van der Waals surface area contributed by atoms with Gasteiger partial charge in [0.15, 0.2) is 5.76 Å². The van der Waals surface area contributed by atoms with Gasteiger partial charge in [-0.05, 0) is 0 Å². The summed E-state index contributed by atoms with van der Waals surface area (Å²) in [5.74, 6) is 2.13. The van der Waals surface area contributed by atoms with Gasteiger partial charge in [0.05, 0.1) is 5.69 Å². The minimum atomic E-state index is 0.370. The van der Waals surface area contributed by atoms with Gasteiger partial charge in [-0.1, -0.05) is 49.3 Å². The Morgan fingerprint density at radius 2 is 2.04 bits per heavy atom. The van der Waals surface area contributed by atoms with E-state index in [2.05, 4.69) is 28.9 Å². The molecule has 0 saturated heterocycles. The van der Waals surface area contributed by atoms with Gasteiger partial charge in [-0.2, -0.15) is 0 Å². The number of nitrogens with zero attached hydrogens (tertiary/aromatic N) is 4. The van der Waals surface area contributed by atoms with Crippen molar-refractivity contribution in [2.75, 3.05) is 6.54 Å². The molecule has 3 heterocycles. The lowest BCUT2D eigenvalue weighted by atomic mass is 10.1. The van der Waals surface area contributed by atoms with Gasteiger partial charge in [-0.15, -0.1) is 0 Å². The van der Waals surface area contributed by atoms with Crippen molar-refractivity contribution < 1.29 is 4.52 Å². The summed E-state index contributed by atoms with van der Waals surface area (Å²) in [7, 11) is 0. The fourth-order valence-electron chi connectivity index (χ4n) is 3.16. The summed E-state index contributed by atoms with van der Waals surface area (Å²) in [5.41, 5.74) is 4.43. The maximum absolute atomic E-state index is 5.50. The van der Waals surface area contributed by atoms with Crippen LogP contribution in [0.15, 0.2) is 47.1 Å². The SMILES string of the molecule is CC(C)c1ncc2c(n1)CCN(Cc1cc(-c3ccccc3)on1)C2. The highest BCUT2D eigenvalue weighted by atomic mass is 16.5. The maximum atomic E-state index is 5.50. The van der Waals surface area contributed by atoms with Crippen molar-refractivity contribution in [3.8, 4) is 11.3 Å². The van der Waals surface area contributed by atoms with Gasteiger partial charge < -0.3 is 4.52 Å². The lowest BCUT2D eigenvalue weighted by Gasteiger charge is -2.27. The first-order valence-electron chi connectivity index (χ1n) is 8.77. The van der Waals surface area contributed by atoms with Gasteiger partial charge in [0.25, 0.3) is 0 Å². The molecule has 128 valence electrons. The molecule has 1 aliphatic rings. The molecule has 0 unspecified atom stereocenters. The normalized spacial score (nSPS) is 14.7. The van der Waals surface area contributed by atoms with Crippen molar-refractivity contribution in [3.05, 3.63) is 65.4 Å². The molecule has 0 saturated carbocycles. The Morgan fingerprint density at radius 3 is 2.84 bits per heavy atom. The molecule has 0 bridgehead atoms. The minimum absolute atomic E-state index is 0.370. The van der Waals surface area contributed by atoms with E-state index >= 15 is 0 Å². The molecule has 0 N–H and O–H groups in total. The summed E-state index contributed by atoms with van der Waals surface area (Å²) >= 11 is 0. The van der Waals surface area contributed by atoms with Crippen LogP contribution in [0.1, 0.15) is 42.5 Å².